The Morgan fingerprint density at radius 1 is 0.463 bits per heavy atom. The molecule has 3 N–H and O–H groups in total. The van der Waals surface area contributed by atoms with Gasteiger partial charge in [-0.1, -0.05) is 214 Å². The number of carbonyl (C=O) groups is 1. The van der Waals surface area contributed by atoms with Gasteiger partial charge >= 0.3 is 0 Å². The first kappa shape index (κ1) is 51.6. The van der Waals surface area contributed by atoms with Crippen LogP contribution in [-0.2, 0) is 4.79 Å². The van der Waals surface area contributed by atoms with E-state index in [0.29, 0.717) is 12.8 Å². The number of hydrogen-bond donors (Lipinski definition) is 3. The predicted molar refractivity (Wildman–Crippen MR) is 239 cm³/mol. The monoisotopic (exact) mass is 750 g/mol. The molecule has 2 unspecified atom stereocenters. The van der Waals surface area contributed by atoms with E-state index < -0.39 is 12.1 Å². The summed E-state index contributed by atoms with van der Waals surface area (Å²) in [6.07, 6.45) is 65.7. The van der Waals surface area contributed by atoms with Crippen molar-refractivity contribution >= 4 is 5.91 Å². The number of amides is 1. The maximum absolute atomic E-state index is 12.3. The van der Waals surface area contributed by atoms with Gasteiger partial charge in [-0.3, -0.25) is 4.79 Å². The first-order valence-corrected chi connectivity index (χ1v) is 22.8. The van der Waals surface area contributed by atoms with Crippen molar-refractivity contribution in [1.82, 2.24) is 5.32 Å². The molecule has 1 amide bonds. The molecule has 54 heavy (non-hydrogen) atoms. The summed E-state index contributed by atoms with van der Waals surface area (Å²) in [5, 5.41) is 22.8. The van der Waals surface area contributed by atoms with Crippen LogP contribution in [0, 0.1) is 0 Å². The van der Waals surface area contributed by atoms with Crippen molar-refractivity contribution in [2.75, 3.05) is 6.61 Å². The van der Waals surface area contributed by atoms with Crippen molar-refractivity contribution in [3.63, 3.8) is 0 Å². The van der Waals surface area contributed by atoms with E-state index in [1.807, 2.05) is 0 Å². The van der Waals surface area contributed by atoms with Crippen LogP contribution in [0.1, 0.15) is 206 Å². The molecule has 310 valence electrons. The Labute approximate surface area is 335 Å². The topological polar surface area (TPSA) is 69.6 Å². The van der Waals surface area contributed by atoms with Crippen LogP contribution in [0.3, 0.4) is 0 Å². The molecule has 2 atom stereocenters. The summed E-state index contributed by atoms with van der Waals surface area (Å²) >= 11 is 0. The number of hydrogen-bond acceptors (Lipinski definition) is 3. The molecule has 0 heterocycles. The van der Waals surface area contributed by atoms with Gasteiger partial charge in [-0.2, -0.15) is 0 Å². The normalized spacial score (nSPS) is 13.8. The Hall–Kier alpha value is -2.43. The van der Waals surface area contributed by atoms with Crippen molar-refractivity contribution in [1.29, 1.82) is 0 Å². The maximum atomic E-state index is 12.3. The zero-order valence-electron chi connectivity index (χ0n) is 35.5. The van der Waals surface area contributed by atoms with Crippen LogP contribution in [0.2, 0.25) is 0 Å². The Morgan fingerprint density at radius 3 is 1.22 bits per heavy atom. The summed E-state index contributed by atoms with van der Waals surface area (Å²) in [7, 11) is 0. The van der Waals surface area contributed by atoms with Crippen LogP contribution < -0.4 is 5.32 Å². The van der Waals surface area contributed by atoms with Gasteiger partial charge in [0, 0.05) is 6.42 Å². The molecule has 0 spiro atoms. The van der Waals surface area contributed by atoms with E-state index >= 15 is 0 Å². The van der Waals surface area contributed by atoms with Gasteiger partial charge in [0.2, 0.25) is 5.91 Å². The van der Waals surface area contributed by atoms with Crippen molar-refractivity contribution in [3.8, 4) is 0 Å². The van der Waals surface area contributed by atoms with Gasteiger partial charge in [0.25, 0.3) is 0 Å². The number of unbranched alkanes of at least 4 members (excludes halogenated alkanes) is 19. The standard InChI is InChI=1S/C50H87NO3/c1-3-5-7-9-10-11-12-13-14-15-16-17-18-19-20-21-22-23-24-25-26-27-28-29-30-31-32-33-34-35-36-37-38-39-40-42-44-46-50(54)51-48(47-52)49(53)45-43-41-8-6-4-2/h5,7,10-11,13-14,16-17,19-20,22-23,25-26,48-49,52-53H,3-4,6,8-9,12,15,18,21,24,27-47H2,1-2H3,(H,51,54)/b7-5-,11-10-,14-13-,17-16-,20-19-,23-22-,26-25-. The third kappa shape index (κ3) is 40.7. The summed E-state index contributed by atoms with van der Waals surface area (Å²) in [6.45, 7) is 4.15. The van der Waals surface area contributed by atoms with Crippen molar-refractivity contribution in [3.05, 3.63) is 85.1 Å². The second kappa shape index (κ2) is 45.0. The van der Waals surface area contributed by atoms with Crippen LogP contribution in [0.5, 0.6) is 0 Å². The Kier molecular flexibility index (Phi) is 42.9. The molecule has 0 aliphatic rings. The van der Waals surface area contributed by atoms with E-state index in [9.17, 15) is 15.0 Å². The summed E-state index contributed by atoms with van der Waals surface area (Å²) in [6, 6.07) is -0.535. The molecule has 0 aromatic heterocycles. The van der Waals surface area contributed by atoms with Crippen LogP contribution in [0.15, 0.2) is 85.1 Å². The molecule has 0 saturated carbocycles. The lowest BCUT2D eigenvalue weighted by atomic mass is 10.0. The minimum absolute atomic E-state index is 0.0420. The number of nitrogens with one attached hydrogen (secondary N) is 1. The van der Waals surface area contributed by atoms with Gasteiger partial charge in [-0.15, -0.1) is 0 Å². The molecule has 0 fully saturated rings. The second-order valence-corrected chi connectivity index (χ2v) is 15.1. The molecule has 4 heteroatoms. The predicted octanol–water partition coefficient (Wildman–Crippen LogP) is 14.5. The van der Waals surface area contributed by atoms with Gasteiger partial charge < -0.3 is 15.5 Å². The molecule has 0 aliphatic heterocycles. The Balaban J connectivity index is 3.46. The third-order valence-electron chi connectivity index (χ3n) is 9.92. The van der Waals surface area contributed by atoms with E-state index in [4.69, 9.17) is 0 Å². The van der Waals surface area contributed by atoms with E-state index in [-0.39, 0.29) is 12.5 Å². The van der Waals surface area contributed by atoms with Crippen LogP contribution in [-0.4, -0.2) is 34.9 Å². The number of carbonyl (C=O) groups excluding carboxylic acids is 1. The lowest BCUT2D eigenvalue weighted by Crippen LogP contribution is -2.45. The van der Waals surface area contributed by atoms with Gasteiger partial charge in [0.05, 0.1) is 18.8 Å². The minimum Gasteiger partial charge on any atom is -0.394 e. The van der Waals surface area contributed by atoms with E-state index in [1.54, 1.807) is 0 Å². The lowest BCUT2D eigenvalue weighted by Gasteiger charge is -2.22. The first-order chi connectivity index (χ1) is 26.7. The zero-order valence-corrected chi connectivity index (χ0v) is 35.5. The summed E-state index contributed by atoms with van der Waals surface area (Å²) in [5.74, 6) is -0.0420. The molecule has 0 radical (unpaired) electrons. The summed E-state index contributed by atoms with van der Waals surface area (Å²) in [4.78, 5) is 12.3. The molecule has 0 aromatic rings. The average Bonchev–Trinajstić information content (AvgIpc) is 3.18. The molecule has 0 aliphatic carbocycles. The largest absolute Gasteiger partial charge is 0.394 e. The number of aliphatic hydroxyl groups is 2. The fraction of sp³-hybridized carbons (Fsp3) is 0.700. The highest BCUT2D eigenvalue weighted by Gasteiger charge is 2.19. The van der Waals surface area contributed by atoms with Crippen LogP contribution in [0.25, 0.3) is 0 Å². The summed E-state index contributed by atoms with van der Waals surface area (Å²) < 4.78 is 0. The molecular weight excluding hydrogens is 663 g/mol. The number of aliphatic hydroxyl groups excluding tert-OH is 2. The maximum Gasteiger partial charge on any atom is 0.220 e. The van der Waals surface area contributed by atoms with Crippen molar-refractivity contribution < 1.29 is 15.0 Å². The first-order valence-electron chi connectivity index (χ1n) is 22.8. The number of allylic oxidation sites excluding steroid dienone is 14. The van der Waals surface area contributed by atoms with Gasteiger partial charge in [0.1, 0.15) is 0 Å². The van der Waals surface area contributed by atoms with E-state index in [1.165, 1.54) is 109 Å². The quantitative estimate of drug-likeness (QED) is 0.0431. The van der Waals surface area contributed by atoms with E-state index in [2.05, 4.69) is 104 Å². The average molecular weight is 750 g/mol. The smallest absolute Gasteiger partial charge is 0.220 e. The van der Waals surface area contributed by atoms with Crippen LogP contribution in [0.4, 0.5) is 0 Å². The molecule has 0 aromatic carbocycles. The van der Waals surface area contributed by atoms with Gasteiger partial charge in [-0.25, -0.2) is 0 Å². The van der Waals surface area contributed by atoms with Crippen molar-refractivity contribution in [2.24, 2.45) is 0 Å². The highest BCUT2D eigenvalue weighted by molar-refractivity contribution is 5.76. The van der Waals surface area contributed by atoms with Gasteiger partial charge in [0.15, 0.2) is 0 Å². The van der Waals surface area contributed by atoms with Crippen molar-refractivity contribution in [2.45, 2.75) is 219 Å². The molecule has 0 bridgehead atoms. The zero-order chi connectivity index (χ0) is 39.3. The third-order valence-corrected chi connectivity index (χ3v) is 9.92. The molecule has 0 rings (SSSR count). The minimum atomic E-state index is -0.658. The Bertz CT molecular complexity index is 988. The lowest BCUT2D eigenvalue weighted by molar-refractivity contribution is -0.123. The molecular formula is C50H87NO3. The van der Waals surface area contributed by atoms with Gasteiger partial charge in [-0.05, 0) is 70.6 Å². The SMILES string of the molecule is CC/C=C\C/C=C\C/C=C\C/C=C\C/C=C\C/C=C\C/C=C\CCCCCCCCCCCCCCCCCC(=O)NC(CO)C(O)CCCCCCC. The molecule has 4 nitrogen and oxygen atoms in total. The second-order valence-electron chi connectivity index (χ2n) is 15.1. The number of rotatable bonds is 40. The highest BCUT2D eigenvalue weighted by atomic mass is 16.3. The van der Waals surface area contributed by atoms with E-state index in [0.717, 1.165) is 70.6 Å². The Morgan fingerprint density at radius 2 is 0.815 bits per heavy atom. The summed E-state index contributed by atoms with van der Waals surface area (Å²) in [5.41, 5.74) is 0. The fourth-order valence-corrected chi connectivity index (χ4v) is 6.46. The fourth-order valence-electron chi connectivity index (χ4n) is 6.46. The highest BCUT2D eigenvalue weighted by Crippen LogP contribution is 2.15. The molecule has 0 saturated heterocycles. The van der Waals surface area contributed by atoms with Crippen LogP contribution >= 0.6 is 0 Å².